The first-order valence-electron chi connectivity index (χ1n) is 5.18. The summed E-state index contributed by atoms with van der Waals surface area (Å²) in [6.45, 7) is 2.57. The summed E-state index contributed by atoms with van der Waals surface area (Å²) in [4.78, 5) is 0. The van der Waals surface area contributed by atoms with Crippen molar-refractivity contribution in [3.05, 3.63) is 47.0 Å². The van der Waals surface area contributed by atoms with Crippen molar-refractivity contribution in [2.75, 3.05) is 0 Å². The molecule has 0 bridgehead atoms. The fraction of sp³-hybridized carbons (Fsp3) is 0.250. The van der Waals surface area contributed by atoms with Crippen LogP contribution in [0.5, 0.6) is 0 Å². The lowest BCUT2D eigenvalue weighted by Crippen LogP contribution is -2.05. The first-order valence-corrected chi connectivity index (χ1v) is 5.71. The van der Waals surface area contributed by atoms with Crippen molar-refractivity contribution in [1.29, 1.82) is 5.26 Å². The van der Waals surface area contributed by atoms with Gasteiger partial charge in [0, 0.05) is 0 Å². The van der Waals surface area contributed by atoms with Crippen LogP contribution in [0, 0.1) is 18.3 Å². The number of aryl methyl sites for hydroxylation is 1. The maximum atomic E-state index is 8.72. The molecule has 0 radical (unpaired) electrons. The van der Waals surface area contributed by atoms with Crippen LogP contribution in [-0.2, 0) is 12.4 Å². The van der Waals surface area contributed by atoms with Crippen LogP contribution in [0.4, 0.5) is 0 Å². The zero-order chi connectivity index (χ0) is 12.3. The summed E-state index contributed by atoms with van der Waals surface area (Å²) in [7, 11) is 0. The van der Waals surface area contributed by atoms with Crippen LogP contribution in [0.25, 0.3) is 0 Å². The molecule has 0 spiro atoms. The molecule has 17 heavy (non-hydrogen) atoms. The molecule has 2 rings (SSSR count). The number of hydrogen-bond acceptors (Lipinski definition) is 3. The van der Waals surface area contributed by atoms with Crippen molar-refractivity contribution in [1.82, 2.24) is 14.8 Å². The monoisotopic (exact) mass is 246 g/mol. The van der Waals surface area contributed by atoms with Crippen molar-refractivity contribution in [2.24, 2.45) is 0 Å². The van der Waals surface area contributed by atoms with Gasteiger partial charge in [-0.3, -0.25) is 0 Å². The highest BCUT2D eigenvalue weighted by molar-refractivity contribution is 6.16. The molecule has 0 fully saturated rings. The van der Waals surface area contributed by atoms with Crippen LogP contribution >= 0.6 is 11.6 Å². The van der Waals surface area contributed by atoms with E-state index in [1.54, 1.807) is 12.1 Å². The molecule has 1 aromatic carbocycles. The Labute approximate surface area is 104 Å². The van der Waals surface area contributed by atoms with Crippen LogP contribution < -0.4 is 0 Å². The first kappa shape index (κ1) is 11.6. The molecule has 0 saturated carbocycles. The predicted octanol–water partition coefficient (Wildman–Crippen LogP) is 2.25. The Bertz CT molecular complexity index is 551. The van der Waals surface area contributed by atoms with Crippen molar-refractivity contribution < 1.29 is 0 Å². The summed E-state index contributed by atoms with van der Waals surface area (Å²) in [6, 6.07) is 9.55. The summed E-state index contributed by atoms with van der Waals surface area (Å²) in [5.41, 5.74) is 1.75. The summed E-state index contributed by atoms with van der Waals surface area (Å²) in [6.07, 6.45) is 0. The second-order valence-electron chi connectivity index (χ2n) is 3.69. The molecule has 0 atom stereocenters. The SMILES string of the molecule is Cc1nnc(CCl)n1Cc1ccc(C#N)cc1. The summed E-state index contributed by atoms with van der Waals surface area (Å²) in [5, 5.41) is 16.7. The molecule has 0 saturated heterocycles. The van der Waals surface area contributed by atoms with E-state index in [-0.39, 0.29) is 0 Å². The van der Waals surface area contributed by atoms with Crippen LogP contribution in [0.15, 0.2) is 24.3 Å². The molecule has 1 aromatic heterocycles. The Morgan fingerprint density at radius 1 is 1.29 bits per heavy atom. The predicted molar refractivity (Wildman–Crippen MR) is 64.6 cm³/mol. The normalized spacial score (nSPS) is 10.2. The van der Waals surface area contributed by atoms with Gasteiger partial charge in [0.25, 0.3) is 0 Å². The van der Waals surface area contributed by atoms with Crippen molar-refractivity contribution in [3.63, 3.8) is 0 Å². The minimum Gasteiger partial charge on any atom is -0.310 e. The fourth-order valence-corrected chi connectivity index (χ4v) is 1.79. The molecule has 86 valence electrons. The van der Waals surface area contributed by atoms with Crippen molar-refractivity contribution >= 4 is 11.6 Å². The highest BCUT2D eigenvalue weighted by atomic mass is 35.5. The van der Waals surface area contributed by atoms with Gasteiger partial charge in [0.15, 0.2) is 0 Å². The third-order valence-corrected chi connectivity index (χ3v) is 2.79. The molecule has 4 nitrogen and oxygen atoms in total. The smallest absolute Gasteiger partial charge is 0.148 e. The van der Waals surface area contributed by atoms with Crippen molar-refractivity contribution in [2.45, 2.75) is 19.3 Å². The van der Waals surface area contributed by atoms with E-state index in [9.17, 15) is 0 Å². The fourth-order valence-electron chi connectivity index (χ4n) is 1.60. The Hall–Kier alpha value is -1.86. The lowest BCUT2D eigenvalue weighted by molar-refractivity contribution is 0.729. The number of hydrogen-bond donors (Lipinski definition) is 0. The van der Waals surface area contributed by atoms with Crippen LogP contribution in [0.1, 0.15) is 22.8 Å². The average Bonchev–Trinajstić information content (AvgIpc) is 2.71. The van der Waals surface area contributed by atoms with Gasteiger partial charge in [-0.2, -0.15) is 5.26 Å². The Morgan fingerprint density at radius 2 is 2.00 bits per heavy atom. The van der Waals surface area contributed by atoms with E-state index in [1.807, 2.05) is 23.6 Å². The number of rotatable bonds is 3. The van der Waals surface area contributed by atoms with Gasteiger partial charge in [0.05, 0.1) is 24.1 Å². The largest absolute Gasteiger partial charge is 0.310 e. The molecule has 0 aliphatic rings. The second kappa shape index (κ2) is 4.98. The van der Waals surface area contributed by atoms with E-state index in [2.05, 4.69) is 16.3 Å². The van der Waals surface area contributed by atoms with E-state index >= 15 is 0 Å². The molecule has 0 aliphatic carbocycles. The maximum Gasteiger partial charge on any atom is 0.148 e. The molecule has 0 unspecified atom stereocenters. The minimum atomic E-state index is 0.344. The van der Waals surface area contributed by atoms with Gasteiger partial charge in [0.1, 0.15) is 11.6 Å². The molecule has 0 amide bonds. The van der Waals surface area contributed by atoms with E-state index in [0.29, 0.717) is 18.0 Å². The lowest BCUT2D eigenvalue weighted by Gasteiger charge is -2.07. The molecular formula is C12H11ClN4. The van der Waals surface area contributed by atoms with E-state index < -0.39 is 0 Å². The minimum absolute atomic E-state index is 0.344. The molecular weight excluding hydrogens is 236 g/mol. The van der Waals surface area contributed by atoms with Gasteiger partial charge in [-0.05, 0) is 24.6 Å². The number of halogens is 1. The lowest BCUT2D eigenvalue weighted by atomic mass is 10.1. The van der Waals surface area contributed by atoms with Gasteiger partial charge in [-0.25, -0.2) is 0 Å². The Balaban J connectivity index is 2.25. The maximum absolute atomic E-state index is 8.72. The second-order valence-corrected chi connectivity index (χ2v) is 3.96. The van der Waals surface area contributed by atoms with Gasteiger partial charge >= 0.3 is 0 Å². The quantitative estimate of drug-likeness (QED) is 0.781. The molecule has 2 aromatic rings. The third-order valence-electron chi connectivity index (χ3n) is 2.56. The Morgan fingerprint density at radius 3 is 2.59 bits per heavy atom. The number of benzene rings is 1. The number of nitrogens with zero attached hydrogens (tertiary/aromatic N) is 4. The summed E-state index contributed by atoms with van der Waals surface area (Å²) in [5.74, 6) is 1.94. The Kier molecular flexibility index (Phi) is 3.40. The molecule has 1 heterocycles. The third kappa shape index (κ3) is 2.45. The molecule has 5 heteroatoms. The zero-order valence-electron chi connectivity index (χ0n) is 9.39. The van der Waals surface area contributed by atoms with Crippen LogP contribution in [0.2, 0.25) is 0 Å². The van der Waals surface area contributed by atoms with Gasteiger partial charge < -0.3 is 4.57 Å². The van der Waals surface area contributed by atoms with E-state index in [1.165, 1.54) is 0 Å². The van der Waals surface area contributed by atoms with Gasteiger partial charge in [-0.15, -0.1) is 21.8 Å². The standard InChI is InChI=1S/C12H11ClN4/c1-9-15-16-12(6-13)17(9)8-11-4-2-10(7-14)3-5-11/h2-5H,6,8H2,1H3. The van der Waals surface area contributed by atoms with Gasteiger partial charge in [-0.1, -0.05) is 12.1 Å². The summed E-state index contributed by atoms with van der Waals surface area (Å²) >= 11 is 5.79. The molecule has 0 aliphatic heterocycles. The highest BCUT2D eigenvalue weighted by Crippen LogP contribution is 2.10. The van der Waals surface area contributed by atoms with Crippen LogP contribution in [-0.4, -0.2) is 14.8 Å². The summed E-state index contributed by atoms with van der Waals surface area (Å²) < 4.78 is 1.97. The van der Waals surface area contributed by atoms with E-state index in [4.69, 9.17) is 16.9 Å². The number of nitriles is 1. The van der Waals surface area contributed by atoms with Gasteiger partial charge in [0.2, 0.25) is 0 Å². The first-order chi connectivity index (χ1) is 8.24. The zero-order valence-corrected chi connectivity index (χ0v) is 10.1. The highest BCUT2D eigenvalue weighted by Gasteiger charge is 2.07. The average molecular weight is 247 g/mol. The van der Waals surface area contributed by atoms with Crippen LogP contribution in [0.3, 0.4) is 0 Å². The number of alkyl halides is 1. The molecule has 0 N–H and O–H groups in total. The van der Waals surface area contributed by atoms with E-state index in [0.717, 1.165) is 17.2 Å². The topological polar surface area (TPSA) is 54.5 Å². The van der Waals surface area contributed by atoms with Crippen molar-refractivity contribution in [3.8, 4) is 6.07 Å². The number of aromatic nitrogens is 3.